The van der Waals surface area contributed by atoms with Crippen LogP contribution in [0.25, 0.3) is 0 Å². The van der Waals surface area contributed by atoms with E-state index in [0.29, 0.717) is 36.3 Å². The predicted octanol–water partition coefficient (Wildman–Crippen LogP) is 2.87. The Kier molecular flexibility index (Phi) is 6.77. The molecule has 1 heterocycles. The summed E-state index contributed by atoms with van der Waals surface area (Å²) in [7, 11) is 1.60. The molecule has 0 radical (unpaired) electrons. The van der Waals surface area contributed by atoms with E-state index >= 15 is 0 Å². The van der Waals surface area contributed by atoms with Gasteiger partial charge in [0.1, 0.15) is 11.5 Å². The van der Waals surface area contributed by atoms with E-state index in [9.17, 15) is 4.79 Å². The third-order valence-electron chi connectivity index (χ3n) is 3.62. The number of nitrogens with one attached hydrogen (secondary N) is 1. The van der Waals surface area contributed by atoms with Crippen LogP contribution in [-0.2, 0) is 11.3 Å². The maximum atomic E-state index is 12.1. The van der Waals surface area contributed by atoms with Crippen molar-refractivity contribution in [2.24, 2.45) is 11.7 Å². The number of benzene rings is 1. The SMILES string of the molecule is COc1cccc(Oc2ncccc2CNC(=O)[C@@H](N)CC(C)C)c1. The van der Waals surface area contributed by atoms with Crippen molar-refractivity contribution in [3.8, 4) is 17.4 Å². The van der Waals surface area contributed by atoms with Crippen LogP contribution in [0.1, 0.15) is 25.8 Å². The summed E-state index contributed by atoms with van der Waals surface area (Å²) in [6, 6.07) is 10.4. The molecule has 0 spiro atoms. The van der Waals surface area contributed by atoms with Gasteiger partial charge < -0.3 is 20.5 Å². The van der Waals surface area contributed by atoms with Crippen molar-refractivity contribution in [2.45, 2.75) is 32.9 Å². The van der Waals surface area contributed by atoms with Gasteiger partial charge in [-0.1, -0.05) is 26.0 Å². The number of nitrogens with zero attached hydrogens (tertiary/aromatic N) is 1. The van der Waals surface area contributed by atoms with Crippen LogP contribution in [0.3, 0.4) is 0 Å². The Balaban J connectivity index is 2.03. The summed E-state index contributed by atoms with van der Waals surface area (Å²) in [6.07, 6.45) is 2.29. The minimum Gasteiger partial charge on any atom is -0.497 e. The van der Waals surface area contributed by atoms with E-state index < -0.39 is 6.04 Å². The molecule has 0 bridgehead atoms. The quantitative estimate of drug-likeness (QED) is 0.770. The summed E-state index contributed by atoms with van der Waals surface area (Å²) in [5.41, 5.74) is 6.68. The molecular weight excluding hydrogens is 318 g/mol. The number of rotatable bonds is 8. The molecule has 0 aliphatic heterocycles. The van der Waals surface area contributed by atoms with Crippen LogP contribution in [-0.4, -0.2) is 24.0 Å². The summed E-state index contributed by atoms with van der Waals surface area (Å²) in [4.78, 5) is 16.3. The lowest BCUT2D eigenvalue weighted by molar-refractivity contribution is -0.122. The molecule has 2 rings (SSSR count). The molecular formula is C19H25N3O3. The molecule has 1 aromatic heterocycles. The molecule has 0 saturated heterocycles. The van der Waals surface area contributed by atoms with E-state index in [0.717, 1.165) is 5.56 Å². The van der Waals surface area contributed by atoms with Gasteiger partial charge in [-0.2, -0.15) is 0 Å². The van der Waals surface area contributed by atoms with Crippen LogP contribution in [0.5, 0.6) is 17.4 Å². The molecule has 0 fully saturated rings. The Morgan fingerprint density at radius 3 is 2.72 bits per heavy atom. The van der Waals surface area contributed by atoms with Gasteiger partial charge in [0.2, 0.25) is 11.8 Å². The van der Waals surface area contributed by atoms with E-state index in [1.807, 2.05) is 38.1 Å². The van der Waals surface area contributed by atoms with Gasteiger partial charge in [0.15, 0.2) is 0 Å². The third-order valence-corrected chi connectivity index (χ3v) is 3.62. The van der Waals surface area contributed by atoms with Gasteiger partial charge in [0.05, 0.1) is 13.2 Å². The second-order valence-electron chi connectivity index (χ2n) is 6.20. The minimum atomic E-state index is -0.514. The lowest BCUT2D eigenvalue weighted by Crippen LogP contribution is -2.41. The number of hydrogen-bond donors (Lipinski definition) is 2. The van der Waals surface area contributed by atoms with Gasteiger partial charge in [-0.25, -0.2) is 4.98 Å². The van der Waals surface area contributed by atoms with Crippen molar-refractivity contribution in [3.63, 3.8) is 0 Å². The second kappa shape index (κ2) is 9.03. The molecule has 25 heavy (non-hydrogen) atoms. The van der Waals surface area contributed by atoms with Gasteiger partial charge in [-0.3, -0.25) is 4.79 Å². The predicted molar refractivity (Wildman–Crippen MR) is 96.6 cm³/mol. The highest BCUT2D eigenvalue weighted by Crippen LogP contribution is 2.26. The Bertz CT molecular complexity index is 704. The maximum absolute atomic E-state index is 12.1. The molecule has 3 N–H and O–H groups in total. The molecule has 1 amide bonds. The Labute approximate surface area is 148 Å². The number of pyridine rings is 1. The van der Waals surface area contributed by atoms with Gasteiger partial charge in [-0.15, -0.1) is 0 Å². The topological polar surface area (TPSA) is 86.5 Å². The molecule has 134 valence electrons. The first-order chi connectivity index (χ1) is 12.0. The van der Waals surface area contributed by atoms with E-state index in [1.165, 1.54) is 0 Å². The Morgan fingerprint density at radius 1 is 1.24 bits per heavy atom. The van der Waals surface area contributed by atoms with Crippen molar-refractivity contribution in [1.82, 2.24) is 10.3 Å². The highest BCUT2D eigenvalue weighted by atomic mass is 16.5. The molecule has 0 unspecified atom stereocenters. The first-order valence-electron chi connectivity index (χ1n) is 8.28. The van der Waals surface area contributed by atoms with Crippen LogP contribution < -0.4 is 20.5 Å². The minimum absolute atomic E-state index is 0.176. The van der Waals surface area contributed by atoms with E-state index in [-0.39, 0.29) is 5.91 Å². The second-order valence-corrected chi connectivity index (χ2v) is 6.20. The molecule has 1 atom stereocenters. The summed E-state index contributed by atoms with van der Waals surface area (Å²) in [5.74, 6) is 1.94. The standard InChI is InChI=1S/C19H25N3O3/c1-13(2)10-17(20)18(23)22-12-14-6-5-9-21-19(14)25-16-8-4-7-15(11-16)24-3/h4-9,11,13,17H,10,12,20H2,1-3H3,(H,22,23)/t17-/m0/s1. The third kappa shape index (κ3) is 5.76. The van der Waals surface area contributed by atoms with Gasteiger partial charge in [0, 0.05) is 24.4 Å². The molecule has 0 aliphatic rings. The van der Waals surface area contributed by atoms with Crippen LogP contribution in [0, 0.1) is 5.92 Å². The fraction of sp³-hybridized carbons (Fsp3) is 0.368. The zero-order chi connectivity index (χ0) is 18.2. The molecule has 0 saturated carbocycles. The first-order valence-corrected chi connectivity index (χ1v) is 8.28. The van der Waals surface area contributed by atoms with Crippen LogP contribution >= 0.6 is 0 Å². The Morgan fingerprint density at radius 2 is 2.00 bits per heavy atom. The summed E-state index contributed by atoms with van der Waals surface area (Å²) in [6.45, 7) is 4.38. The van der Waals surface area contributed by atoms with Gasteiger partial charge >= 0.3 is 0 Å². The van der Waals surface area contributed by atoms with Crippen molar-refractivity contribution in [3.05, 3.63) is 48.2 Å². The average molecular weight is 343 g/mol. The van der Waals surface area contributed by atoms with Crippen molar-refractivity contribution in [1.29, 1.82) is 0 Å². The largest absolute Gasteiger partial charge is 0.497 e. The molecule has 1 aromatic carbocycles. The fourth-order valence-corrected chi connectivity index (χ4v) is 2.36. The normalized spacial score (nSPS) is 11.9. The maximum Gasteiger partial charge on any atom is 0.237 e. The lowest BCUT2D eigenvalue weighted by Gasteiger charge is -2.15. The first kappa shape index (κ1) is 18.7. The number of methoxy groups -OCH3 is 1. The highest BCUT2D eigenvalue weighted by Gasteiger charge is 2.15. The number of ether oxygens (including phenoxy) is 2. The van der Waals surface area contributed by atoms with Crippen LogP contribution in [0.2, 0.25) is 0 Å². The summed E-state index contributed by atoms with van der Waals surface area (Å²) < 4.78 is 11.0. The van der Waals surface area contributed by atoms with Crippen LogP contribution in [0.15, 0.2) is 42.6 Å². The smallest absolute Gasteiger partial charge is 0.237 e. The van der Waals surface area contributed by atoms with E-state index in [1.54, 1.807) is 25.4 Å². The van der Waals surface area contributed by atoms with Crippen molar-refractivity contribution >= 4 is 5.91 Å². The number of nitrogens with two attached hydrogens (primary N) is 1. The van der Waals surface area contributed by atoms with Crippen molar-refractivity contribution < 1.29 is 14.3 Å². The van der Waals surface area contributed by atoms with Gasteiger partial charge in [0.25, 0.3) is 0 Å². The number of aromatic nitrogens is 1. The van der Waals surface area contributed by atoms with E-state index in [2.05, 4.69) is 10.3 Å². The zero-order valence-electron chi connectivity index (χ0n) is 14.9. The monoisotopic (exact) mass is 343 g/mol. The molecule has 6 nitrogen and oxygen atoms in total. The number of carbonyl (C=O) groups excluding carboxylic acids is 1. The number of carbonyl (C=O) groups is 1. The lowest BCUT2D eigenvalue weighted by atomic mass is 10.0. The highest BCUT2D eigenvalue weighted by molar-refractivity contribution is 5.81. The average Bonchev–Trinajstić information content (AvgIpc) is 2.60. The summed E-state index contributed by atoms with van der Waals surface area (Å²) in [5, 5.41) is 2.84. The number of hydrogen-bond acceptors (Lipinski definition) is 5. The van der Waals surface area contributed by atoms with E-state index in [4.69, 9.17) is 15.2 Å². The fourth-order valence-electron chi connectivity index (χ4n) is 2.36. The zero-order valence-corrected chi connectivity index (χ0v) is 14.9. The van der Waals surface area contributed by atoms with Crippen LogP contribution in [0.4, 0.5) is 0 Å². The molecule has 6 heteroatoms. The van der Waals surface area contributed by atoms with Gasteiger partial charge in [-0.05, 0) is 30.5 Å². The Hall–Kier alpha value is -2.60. The van der Waals surface area contributed by atoms with Crippen molar-refractivity contribution in [2.75, 3.05) is 7.11 Å². The molecule has 2 aromatic rings. The number of amides is 1. The molecule has 0 aliphatic carbocycles. The summed E-state index contributed by atoms with van der Waals surface area (Å²) >= 11 is 0.